The van der Waals surface area contributed by atoms with Gasteiger partial charge in [0.05, 0.1) is 23.7 Å². The van der Waals surface area contributed by atoms with E-state index in [1.807, 2.05) is 10.7 Å². The molecule has 2 aromatic rings. The molecule has 3 heterocycles. The van der Waals surface area contributed by atoms with Crippen LogP contribution >= 0.6 is 11.6 Å². The van der Waals surface area contributed by atoms with Crippen LogP contribution in [0.1, 0.15) is 55.2 Å². The zero-order chi connectivity index (χ0) is 17.8. The number of halogens is 1. The van der Waals surface area contributed by atoms with Crippen LogP contribution < -0.4 is 0 Å². The van der Waals surface area contributed by atoms with Crippen LogP contribution in [0.4, 0.5) is 0 Å². The molecule has 0 bridgehead atoms. The number of aliphatic hydroxyl groups excluding tert-OH is 2. The highest BCUT2D eigenvalue weighted by Crippen LogP contribution is 2.21. The van der Waals surface area contributed by atoms with Crippen molar-refractivity contribution in [3.8, 4) is 0 Å². The highest BCUT2D eigenvalue weighted by Gasteiger charge is 2.21. The average molecular weight is 368 g/mol. The van der Waals surface area contributed by atoms with E-state index < -0.39 is 6.10 Å². The van der Waals surface area contributed by atoms with Crippen molar-refractivity contribution >= 4 is 11.6 Å². The Labute approximate surface area is 152 Å². The second kappa shape index (κ2) is 8.31. The van der Waals surface area contributed by atoms with E-state index in [1.165, 1.54) is 0 Å². The van der Waals surface area contributed by atoms with E-state index in [1.54, 1.807) is 0 Å². The molecule has 2 aromatic heterocycles. The first-order chi connectivity index (χ1) is 12.1. The topological polar surface area (TPSA) is 90.2 Å². The summed E-state index contributed by atoms with van der Waals surface area (Å²) in [5.41, 5.74) is 2.53. The molecule has 0 spiro atoms. The summed E-state index contributed by atoms with van der Waals surface area (Å²) >= 11 is 6.30. The van der Waals surface area contributed by atoms with Gasteiger partial charge in [0.2, 0.25) is 0 Å². The molecule has 0 amide bonds. The Balaban J connectivity index is 1.69. The molecule has 0 saturated carbocycles. The number of aromatic nitrogens is 4. The standard InChI is InChI=1S/C17H26ClN5O2/c1-2-3-5-16-19-14(17(18)20-16)10-22-6-4-7-23-12(9-22)8-13(21-23)15(25)11-24/h8,15,24-25H,2-7,9-11H2,1H3,(H,19,20). The normalized spacial score (nSPS) is 16.6. The van der Waals surface area contributed by atoms with Gasteiger partial charge in [-0.3, -0.25) is 9.58 Å². The maximum Gasteiger partial charge on any atom is 0.151 e. The first-order valence-electron chi connectivity index (χ1n) is 8.91. The van der Waals surface area contributed by atoms with Crippen molar-refractivity contribution in [1.29, 1.82) is 0 Å². The third-order valence-corrected chi connectivity index (χ3v) is 4.87. The number of imidazole rings is 1. The molecule has 3 rings (SSSR count). The Bertz CT molecular complexity index is 699. The number of fused-ring (bicyclic) bond motifs is 1. The number of hydrogen-bond acceptors (Lipinski definition) is 5. The summed E-state index contributed by atoms with van der Waals surface area (Å²) in [6, 6.07) is 1.88. The number of aryl methyl sites for hydroxylation is 2. The third-order valence-electron chi connectivity index (χ3n) is 4.55. The number of hydrogen-bond donors (Lipinski definition) is 3. The van der Waals surface area contributed by atoms with Crippen LogP contribution in [-0.2, 0) is 26.1 Å². The molecule has 1 unspecified atom stereocenters. The quantitative estimate of drug-likeness (QED) is 0.696. The number of H-pyrrole nitrogens is 1. The first kappa shape index (κ1) is 18.4. The van der Waals surface area contributed by atoms with Crippen molar-refractivity contribution in [3.05, 3.63) is 34.1 Å². The predicted molar refractivity (Wildman–Crippen MR) is 95.2 cm³/mol. The second-order valence-electron chi connectivity index (χ2n) is 6.60. The number of nitrogens with one attached hydrogen (secondary N) is 1. The van der Waals surface area contributed by atoms with Crippen LogP contribution in [0.15, 0.2) is 6.07 Å². The van der Waals surface area contributed by atoms with Gasteiger partial charge in [0.25, 0.3) is 0 Å². The van der Waals surface area contributed by atoms with E-state index in [0.29, 0.717) is 17.4 Å². The van der Waals surface area contributed by atoms with E-state index >= 15 is 0 Å². The summed E-state index contributed by atoms with van der Waals surface area (Å²) in [4.78, 5) is 10.1. The molecule has 138 valence electrons. The van der Waals surface area contributed by atoms with E-state index in [4.69, 9.17) is 16.7 Å². The van der Waals surface area contributed by atoms with Crippen molar-refractivity contribution in [2.45, 2.75) is 58.3 Å². The van der Waals surface area contributed by atoms with E-state index in [9.17, 15) is 5.11 Å². The number of rotatable bonds is 7. The Hall–Kier alpha value is -1.41. The second-order valence-corrected chi connectivity index (χ2v) is 6.96. The van der Waals surface area contributed by atoms with Gasteiger partial charge < -0.3 is 15.2 Å². The van der Waals surface area contributed by atoms with Gasteiger partial charge in [-0.05, 0) is 18.9 Å². The summed E-state index contributed by atoms with van der Waals surface area (Å²) in [5.74, 6) is 0.954. The largest absolute Gasteiger partial charge is 0.393 e. The summed E-state index contributed by atoms with van der Waals surface area (Å²) in [6.45, 7) is 5.04. The van der Waals surface area contributed by atoms with Crippen molar-refractivity contribution in [2.75, 3.05) is 13.2 Å². The lowest BCUT2D eigenvalue weighted by Crippen LogP contribution is -2.23. The number of nitrogens with zero attached hydrogens (tertiary/aromatic N) is 4. The van der Waals surface area contributed by atoms with Crippen molar-refractivity contribution in [2.24, 2.45) is 0 Å². The molecule has 0 radical (unpaired) electrons. The van der Waals surface area contributed by atoms with Crippen LogP contribution in [-0.4, -0.2) is 48.0 Å². The lowest BCUT2D eigenvalue weighted by Gasteiger charge is -2.18. The molecule has 0 aromatic carbocycles. The Morgan fingerprint density at radius 3 is 3.00 bits per heavy atom. The Morgan fingerprint density at radius 2 is 2.24 bits per heavy atom. The van der Waals surface area contributed by atoms with Gasteiger partial charge >= 0.3 is 0 Å². The first-order valence-corrected chi connectivity index (χ1v) is 9.29. The summed E-state index contributed by atoms with van der Waals surface area (Å²) in [6.07, 6.45) is 3.20. The summed E-state index contributed by atoms with van der Waals surface area (Å²) in [5, 5.41) is 23.9. The smallest absolute Gasteiger partial charge is 0.151 e. The van der Waals surface area contributed by atoms with Crippen molar-refractivity contribution < 1.29 is 10.2 Å². The van der Waals surface area contributed by atoms with Gasteiger partial charge in [-0.15, -0.1) is 0 Å². The Morgan fingerprint density at radius 1 is 1.40 bits per heavy atom. The minimum atomic E-state index is -0.920. The van der Waals surface area contributed by atoms with Crippen molar-refractivity contribution in [3.63, 3.8) is 0 Å². The minimum Gasteiger partial charge on any atom is -0.393 e. The van der Waals surface area contributed by atoms with Crippen LogP contribution in [0, 0.1) is 0 Å². The number of unbranched alkanes of at least 4 members (excludes halogenated alkanes) is 1. The van der Waals surface area contributed by atoms with E-state index in [2.05, 4.69) is 26.9 Å². The van der Waals surface area contributed by atoms with Crippen molar-refractivity contribution in [1.82, 2.24) is 24.6 Å². The molecule has 3 N–H and O–H groups in total. The fraction of sp³-hybridized carbons (Fsp3) is 0.647. The van der Waals surface area contributed by atoms with Gasteiger partial charge in [0.1, 0.15) is 11.9 Å². The predicted octanol–water partition coefficient (Wildman–Crippen LogP) is 2.03. The van der Waals surface area contributed by atoms with Gasteiger partial charge in [0.15, 0.2) is 5.15 Å². The van der Waals surface area contributed by atoms with Crippen LogP contribution in [0.2, 0.25) is 5.15 Å². The maximum absolute atomic E-state index is 9.79. The average Bonchev–Trinajstić information content (AvgIpc) is 3.10. The molecule has 0 saturated heterocycles. The van der Waals surface area contributed by atoms with Gasteiger partial charge in [-0.1, -0.05) is 24.9 Å². The molecular weight excluding hydrogens is 342 g/mol. The lowest BCUT2D eigenvalue weighted by molar-refractivity contribution is 0.0916. The molecular formula is C17H26ClN5O2. The van der Waals surface area contributed by atoms with E-state index in [0.717, 1.165) is 62.5 Å². The number of aliphatic hydroxyl groups is 2. The molecule has 1 atom stereocenters. The molecule has 25 heavy (non-hydrogen) atoms. The fourth-order valence-electron chi connectivity index (χ4n) is 3.17. The van der Waals surface area contributed by atoms with Crippen LogP contribution in [0.3, 0.4) is 0 Å². The zero-order valence-electron chi connectivity index (χ0n) is 14.6. The lowest BCUT2D eigenvalue weighted by atomic mass is 10.2. The van der Waals surface area contributed by atoms with Crippen LogP contribution in [0.25, 0.3) is 0 Å². The minimum absolute atomic E-state index is 0.315. The van der Waals surface area contributed by atoms with Gasteiger partial charge in [-0.2, -0.15) is 5.10 Å². The van der Waals surface area contributed by atoms with Gasteiger partial charge in [-0.25, -0.2) is 4.98 Å². The highest BCUT2D eigenvalue weighted by atomic mass is 35.5. The molecule has 1 aliphatic rings. The Kier molecular flexibility index (Phi) is 6.11. The number of aromatic amines is 1. The summed E-state index contributed by atoms with van der Waals surface area (Å²) < 4.78 is 1.93. The highest BCUT2D eigenvalue weighted by molar-refractivity contribution is 6.30. The molecule has 0 fully saturated rings. The third kappa shape index (κ3) is 4.41. The molecule has 0 aliphatic carbocycles. The van der Waals surface area contributed by atoms with E-state index in [-0.39, 0.29) is 6.61 Å². The molecule has 7 nitrogen and oxygen atoms in total. The molecule has 1 aliphatic heterocycles. The SMILES string of the molecule is CCCCc1nc(Cl)c(CN2CCCn3nc(C(O)CO)cc3C2)[nH]1. The fourth-order valence-corrected chi connectivity index (χ4v) is 3.38. The maximum atomic E-state index is 9.79. The monoisotopic (exact) mass is 367 g/mol. The zero-order valence-corrected chi connectivity index (χ0v) is 15.3. The van der Waals surface area contributed by atoms with Gasteiger partial charge in [0, 0.05) is 32.6 Å². The molecule has 8 heteroatoms. The van der Waals surface area contributed by atoms with Crippen LogP contribution in [0.5, 0.6) is 0 Å². The summed E-state index contributed by atoms with van der Waals surface area (Å²) in [7, 11) is 0.